The van der Waals surface area contributed by atoms with Crippen LogP contribution in [0.25, 0.3) is 0 Å². The lowest BCUT2D eigenvalue weighted by atomic mass is 9.83. The lowest BCUT2D eigenvalue weighted by Crippen LogP contribution is -2.64. The molecule has 6 rings (SSSR count). The van der Waals surface area contributed by atoms with Gasteiger partial charge in [-0.3, -0.25) is 5.01 Å². The second kappa shape index (κ2) is 6.89. The van der Waals surface area contributed by atoms with Crippen molar-refractivity contribution in [3.05, 3.63) is 60.2 Å². The molecule has 140 valence electrons. The smallest absolute Gasteiger partial charge is 0.306 e. The first-order valence-corrected chi connectivity index (χ1v) is 10.0. The van der Waals surface area contributed by atoms with Crippen LogP contribution >= 0.6 is 0 Å². The summed E-state index contributed by atoms with van der Waals surface area (Å²) in [5.41, 5.74) is 3.36. The molecular formula is C22H26N4O. The van der Waals surface area contributed by atoms with Crippen LogP contribution in [-0.2, 0) is 6.42 Å². The SMILES string of the molecule is O=C(Nc1ccccc1)N(C1CN2CCC1CC2)N1CCc2ccccc21. The number of carbonyl (C=O) groups excluding carboxylic acids is 1. The van der Waals surface area contributed by atoms with E-state index in [1.54, 1.807) is 0 Å². The largest absolute Gasteiger partial charge is 0.340 e. The van der Waals surface area contributed by atoms with E-state index in [2.05, 4.69) is 39.5 Å². The van der Waals surface area contributed by atoms with Gasteiger partial charge in [-0.15, -0.1) is 0 Å². The number of hydrogen-bond donors (Lipinski definition) is 1. The zero-order valence-corrected chi connectivity index (χ0v) is 15.6. The topological polar surface area (TPSA) is 38.8 Å². The number of para-hydroxylation sites is 2. The summed E-state index contributed by atoms with van der Waals surface area (Å²) < 4.78 is 0. The minimum absolute atomic E-state index is 0.0170. The van der Waals surface area contributed by atoms with Gasteiger partial charge in [-0.1, -0.05) is 36.4 Å². The van der Waals surface area contributed by atoms with Gasteiger partial charge < -0.3 is 10.2 Å². The molecule has 1 unspecified atom stereocenters. The van der Waals surface area contributed by atoms with Gasteiger partial charge in [-0.05, 0) is 62.0 Å². The molecule has 27 heavy (non-hydrogen) atoms. The highest BCUT2D eigenvalue weighted by Crippen LogP contribution is 2.36. The van der Waals surface area contributed by atoms with E-state index < -0.39 is 0 Å². The van der Waals surface area contributed by atoms with Gasteiger partial charge in [0.1, 0.15) is 0 Å². The molecule has 2 aromatic carbocycles. The van der Waals surface area contributed by atoms with Crippen molar-refractivity contribution < 1.29 is 4.79 Å². The average molecular weight is 362 g/mol. The molecule has 5 nitrogen and oxygen atoms in total. The number of piperidine rings is 3. The predicted molar refractivity (Wildman–Crippen MR) is 108 cm³/mol. The first kappa shape index (κ1) is 16.6. The van der Waals surface area contributed by atoms with Gasteiger partial charge in [-0.25, -0.2) is 9.80 Å². The Labute approximate surface area is 160 Å². The fourth-order valence-corrected chi connectivity index (χ4v) is 4.90. The molecule has 2 bridgehead atoms. The molecule has 4 aliphatic rings. The van der Waals surface area contributed by atoms with Crippen LogP contribution in [0.4, 0.5) is 16.2 Å². The number of amides is 2. The maximum absolute atomic E-state index is 13.4. The summed E-state index contributed by atoms with van der Waals surface area (Å²) in [6, 6.07) is 18.5. The zero-order chi connectivity index (χ0) is 18.2. The van der Waals surface area contributed by atoms with E-state index in [0.29, 0.717) is 5.92 Å². The summed E-state index contributed by atoms with van der Waals surface area (Å²) in [7, 11) is 0. The van der Waals surface area contributed by atoms with Crippen molar-refractivity contribution in [2.45, 2.75) is 25.3 Å². The van der Waals surface area contributed by atoms with Gasteiger partial charge in [0.05, 0.1) is 11.7 Å². The lowest BCUT2D eigenvalue weighted by molar-refractivity contribution is 0.0209. The summed E-state index contributed by atoms with van der Waals surface area (Å²) >= 11 is 0. The normalized spacial score (nSPS) is 25.9. The Morgan fingerprint density at radius 3 is 2.44 bits per heavy atom. The van der Waals surface area contributed by atoms with Crippen LogP contribution in [0, 0.1) is 5.92 Å². The molecule has 3 saturated heterocycles. The molecular weight excluding hydrogens is 336 g/mol. The number of urea groups is 1. The summed E-state index contributed by atoms with van der Waals surface area (Å²) in [5, 5.41) is 7.39. The second-order valence-corrected chi connectivity index (χ2v) is 7.85. The number of nitrogens with one attached hydrogen (secondary N) is 1. The minimum Gasteiger partial charge on any atom is -0.306 e. The Morgan fingerprint density at radius 1 is 0.963 bits per heavy atom. The van der Waals surface area contributed by atoms with Crippen LogP contribution in [0.1, 0.15) is 18.4 Å². The highest BCUT2D eigenvalue weighted by Gasteiger charge is 2.43. The van der Waals surface area contributed by atoms with Crippen molar-refractivity contribution >= 4 is 17.4 Å². The Bertz CT molecular complexity index is 816. The summed E-state index contributed by atoms with van der Waals surface area (Å²) in [6.45, 7) is 4.19. The molecule has 4 aliphatic heterocycles. The Balaban J connectivity index is 1.47. The zero-order valence-electron chi connectivity index (χ0n) is 15.6. The van der Waals surface area contributed by atoms with Crippen LogP contribution in [-0.4, -0.2) is 48.2 Å². The maximum atomic E-state index is 13.4. The van der Waals surface area contributed by atoms with Gasteiger partial charge in [-0.2, -0.15) is 0 Å². The standard InChI is InChI=1S/C22H26N4O/c27-22(23-19-7-2-1-3-8-19)26(21-16-24-13-10-18(21)11-14-24)25-15-12-17-6-4-5-9-20(17)25/h1-9,18,21H,10-16H2,(H,23,27). The Kier molecular flexibility index (Phi) is 4.24. The number of anilines is 2. The fraction of sp³-hybridized carbons (Fsp3) is 0.409. The van der Waals surface area contributed by atoms with Crippen LogP contribution < -0.4 is 10.3 Å². The first-order valence-electron chi connectivity index (χ1n) is 10.0. The van der Waals surface area contributed by atoms with Crippen molar-refractivity contribution in [3.63, 3.8) is 0 Å². The van der Waals surface area contributed by atoms with Crippen LogP contribution in [0.5, 0.6) is 0 Å². The number of fused-ring (bicyclic) bond motifs is 4. The van der Waals surface area contributed by atoms with Gasteiger partial charge in [0.25, 0.3) is 0 Å². The summed E-state index contributed by atoms with van der Waals surface area (Å²) in [6.07, 6.45) is 3.37. The van der Waals surface area contributed by atoms with E-state index in [1.807, 2.05) is 35.3 Å². The highest BCUT2D eigenvalue weighted by atomic mass is 16.2. The monoisotopic (exact) mass is 362 g/mol. The van der Waals surface area contributed by atoms with Crippen LogP contribution in [0.3, 0.4) is 0 Å². The van der Waals surface area contributed by atoms with E-state index in [-0.39, 0.29) is 12.1 Å². The van der Waals surface area contributed by atoms with E-state index in [4.69, 9.17) is 0 Å². The van der Waals surface area contributed by atoms with Gasteiger partial charge >= 0.3 is 6.03 Å². The van der Waals surface area contributed by atoms with Crippen molar-refractivity contribution in [2.75, 3.05) is 36.5 Å². The van der Waals surface area contributed by atoms with Gasteiger partial charge in [0.15, 0.2) is 0 Å². The molecule has 0 aromatic heterocycles. The molecule has 3 fully saturated rings. The number of benzene rings is 2. The third kappa shape index (κ3) is 3.06. The van der Waals surface area contributed by atoms with Crippen molar-refractivity contribution in [1.82, 2.24) is 9.91 Å². The Hall–Kier alpha value is -2.53. The van der Waals surface area contributed by atoms with E-state index in [1.165, 1.54) is 37.2 Å². The minimum atomic E-state index is -0.0170. The molecule has 2 aromatic rings. The van der Waals surface area contributed by atoms with E-state index >= 15 is 0 Å². The number of hydrazine groups is 1. The molecule has 5 heteroatoms. The quantitative estimate of drug-likeness (QED) is 0.907. The fourth-order valence-electron chi connectivity index (χ4n) is 4.90. The van der Waals surface area contributed by atoms with Crippen molar-refractivity contribution in [1.29, 1.82) is 0 Å². The highest BCUT2D eigenvalue weighted by molar-refractivity contribution is 5.91. The molecule has 1 N–H and O–H groups in total. The first-order chi connectivity index (χ1) is 13.3. The third-order valence-corrected chi connectivity index (χ3v) is 6.29. The van der Waals surface area contributed by atoms with E-state index in [0.717, 1.165) is 25.2 Å². The van der Waals surface area contributed by atoms with Gasteiger partial charge in [0.2, 0.25) is 0 Å². The van der Waals surface area contributed by atoms with Gasteiger partial charge in [0, 0.05) is 18.8 Å². The molecule has 4 heterocycles. The number of nitrogens with zero attached hydrogens (tertiary/aromatic N) is 3. The van der Waals surface area contributed by atoms with Crippen LogP contribution in [0.15, 0.2) is 54.6 Å². The van der Waals surface area contributed by atoms with Crippen molar-refractivity contribution in [3.8, 4) is 0 Å². The molecule has 2 amide bonds. The van der Waals surface area contributed by atoms with E-state index in [9.17, 15) is 4.79 Å². The molecule has 0 aliphatic carbocycles. The van der Waals surface area contributed by atoms with Crippen molar-refractivity contribution in [2.24, 2.45) is 5.92 Å². The summed E-state index contributed by atoms with van der Waals surface area (Å²) in [5.74, 6) is 0.587. The average Bonchev–Trinajstić information content (AvgIpc) is 3.14. The molecule has 1 atom stereocenters. The van der Waals surface area contributed by atoms with Crippen LogP contribution in [0.2, 0.25) is 0 Å². The summed E-state index contributed by atoms with van der Waals surface area (Å²) in [4.78, 5) is 15.9. The number of rotatable bonds is 3. The third-order valence-electron chi connectivity index (χ3n) is 6.29. The molecule has 0 saturated carbocycles. The Morgan fingerprint density at radius 2 is 1.70 bits per heavy atom. The predicted octanol–water partition coefficient (Wildman–Crippen LogP) is 3.59. The number of hydrogen-bond acceptors (Lipinski definition) is 3. The number of carbonyl (C=O) groups is 1. The lowest BCUT2D eigenvalue weighted by Gasteiger charge is -2.51. The molecule has 0 radical (unpaired) electrons. The second-order valence-electron chi connectivity index (χ2n) is 7.85. The molecule has 0 spiro atoms. The maximum Gasteiger partial charge on any atom is 0.340 e.